The lowest BCUT2D eigenvalue weighted by Gasteiger charge is -2.28. The summed E-state index contributed by atoms with van der Waals surface area (Å²) in [6.45, 7) is -2.11. The summed E-state index contributed by atoms with van der Waals surface area (Å²) < 4.78 is 0. The van der Waals surface area contributed by atoms with E-state index in [-0.39, 0.29) is 23.4 Å². The smallest absolute Gasteiger partial charge is 0.307 e. The predicted molar refractivity (Wildman–Crippen MR) is 114 cm³/mol. The molecule has 0 unspecified atom stereocenters. The molecule has 3 rings (SSSR count). The molecule has 4 heteroatoms. The zero-order valence-electron chi connectivity index (χ0n) is 13.7. The van der Waals surface area contributed by atoms with E-state index in [2.05, 4.69) is 36.4 Å². The summed E-state index contributed by atoms with van der Waals surface area (Å²) in [5.41, 5.74) is 0. The molecular weight excluding hydrogens is 395 g/mol. The van der Waals surface area contributed by atoms with Gasteiger partial charge in [-0.3, -0.25) is 4.79 Å². The topological polar surface area (TPSA) is 37.3 Å². The van der Waals surface area contributed by atoms with Gasteiger partial charge in [-0.05, 0) is 22.8 Å². The van der Waals surface area contributed by atoms with Gasteiger partial charge in [-0.25, -0.2) is 0 Å². The van der Waals surface area contributed by atoms with Gasteiger partial charge in [-0.1, -0.05) is 96.8 Å². The molecule has 3 aromatic carbocycles. The number of carboxylic acids is 1. The monoisotopic (exact) mass is 414 g/mol. The Bertz CT molecular complexity index is 759. The fourth-order valence-electron chi connectivity index (χ4n) is 2.97. The molecule has 128 valence electrons. The van der Waals surface area contributed by atoms with Crippen LogP contribution in [0.25, 0.3) is 0 Å². The van der Waals surface area contributed by atoms with Gasteiger partial charge < -0.3 is 5.11 Å². The largest absolute Gasteiger partial charge is 0.481 e. The number of hydrogen-bond acceptors (Lipinski definition) is 1. The maximum Gasteiger partial charge on any atom is 0.307 e. The van der Waals surface area contributed by atoms with Crippen LogP contribution in [0.3, 0.4) is 0 Å². The van der Waals surface area contributed by atoms with Crippen molar-refractivity contribution in [1.82, 2.24) is 0 Å². The molecule has 0 amide bonds. The van der Waals surface area contributed by atoms with Crippen molar-refractivity contribution in [2.75, 3.05) is 0 Å². The molecule has 0 atom stereocenters. The fourth-order valence-corrected chi connectivity index (χ4v) is 6.85. The molecule has 0 bridgehead atoms. The van der Waals surface area contributed by atoms with Gasteiger partial charge in [0, 0.05) is 0 Å². The van der Waals surface area contributed by atoms with Crippen LogP contribution in [0.5, 0.6) is 0 Å². The molecule has 0 saturated carbocycles. The summed E-state index contributed by atoms with van der Waals surface area (Å²) >= 11 is 0. The SMILES string of the molecule is Br.O=C(O)CC=P(c1ccccc1)(c1ccccc1)c1ccccc1. The van der Waals surface area contributed by atoms with Crippen LogP contribution in [-0.2, 0) is 4.79 Å². The predicted octanol–water partition coefficient (Wildman–Crippen LogP) is 3.84. The van der Waals surface area contributed by atoms with Crippen molar-refractivity contribution in [2.24, 2.45) is 0 Å². The van der Waals surface area contributed by atoms with Crippen LogP contribution in [0.2, 0.25) is 0 Å². The Morgan fingerprint density at radius 2 is 1.04 bits per heavy atom. The second kappa shape index (κ2) is 8.84. The highest BCUT2D eigenvalue weighted by atomic mass is 79.9. The van der Waals surface area contributed by atoms with Gasteiger partial charge in [0.2, 0.25) is 0 Å². The minimum absolute atomic E-state index is 0. The van der Waals surface area contributed by atoms with Crippen LogP contribution < -0.4 is 15.9 Å². The minimum atomic E-state index is -2.11. The van der Waals surface area contributed by atoms with Crippen molar-refractivity contribution >= 4 is 51.5 Å². The lowest BCUT2D eigenvalue weighted by Crippen LogP contribution is -2.27. The summed E-state index contributed by atoms with van der Waals surface area (Å²) in [4.78, 5) is 11.3. The standard InChI is InChI=1S/C21H19O2P.BrH/c22-21(23)16-17-24(18-10-4-1-5-11-18,19-12-6-2-7-13-19)20-14-8-3-9-15-20;/h1-15,17H,16H2,(H,22,23);1H. The average molecular weight is 415 g/mol. The van der Waals surface area contributed by atoms with Gasteiger partial charge >= 0.3 is 5.97 Å². The number of halogens is 1. The Hall–Kier alpha value is -2.09. The molecule has 0 spiro atoms. The van der Waals surface area contributed by atoms with Crippen molar-refractivity contribution in [3.8, 4) is 0 Å². The van der Waals surface area contributed by atoms with Gasteiger partial charge in [0.05, 0.1) is 6.42 Å². The number of benzene rings is 3. The average Bonchev–Trinajstić information content (AvgIpc) is 2.65. The lowest BCUT2D eigenvalue weighted by atomic mass is 10.4. The molecule has 0 aliphatic rings. The molecule has 0 aliphatic carbocycles. The first-order chi connectivity index (χ1) is 11.7. The van der Waals surface area contributed by atoms with Gasteiger partial charge in [0.15, 0.2) is 0 Å². The zero-order chi connectivity index (χ0) is 16.8. The molecule has 0 radical (unpaired) electrons. The van der Waals surface area contributed by atoms with Gasteiger partial charge in [0.25, 0.3) is 0 Å². The molecule has 1 N–H and O–H groups in total. The third kappa shape index (κ3) is 4.12. The Morgan fingerprint density at radius 1 is 0.720 bits per heavy atom. The van der Waals surface area contributed by atoms with Crippen molar-refractivity contribution in [1.29, 1.82) is 0 Å². The lowest BCUT2D eigenvalue weighted by molar-refractivity contribution is -0.135. The second-order valence-electron chi connectivity index (χ2n) is 5.51. The van der Waals surface area contributed by atoms with Crippen molar-refractivity contribution in [2.45, 2.75) is 6.42 Å². The van der Waals surface area contributed by atoms with Gasteiger partial charge in [0.1, 0.15) is 0 Å². The number of hydrogen-bond donors (Lipinski definition) is 1. The van der Waals surface area contributed by atoms with E-state index >= 15 is 0 Å². The highest BCUT2D eigenvalue weighted by Crippen LogP contribution is 2.43. The summed E-state index contributed by atoms with van der Waals surface area (Å²) in [5.74, 6) is 1.21. The maximum atomic E-state index is 11.3. The second-order valence-corrected chi connectivity index (χ2v) is 8.87. The van der Waals surface area contributed by atoms with Crippen LogP contribution in [0.4, 0.5) is 0 Å². The van der Waals surface area contributed by atoms with E-state index in [1.165, 1.54) is 15.9 Å². The summed E-state index contributed by atoms with van der Waals surface area (Å²) in [6.07, 6.45) is 0.0342. The van der Waals surface area contributed by atoms with E-state index < -0.39 is 12.9 Å². The fraction of sp³-hybridized carbons (Fsp3) is 0.0476. The summed E-state index contributed by atoms with van der Waals surface area (Å²) in [6, 6.07) is 30.7. The third-order valence-corrected chi connectivity index (χ3v) is 8.10. The number of rotatable bonds is 5. The molecular formula is C21H20BrO2P. The van der Waals surface area contributed by atoms with Crippen LogP contribution in [0.1, 0.15) is 6.42 Å². The number of aliphatic carboxylic acids is 1. The molecule has 25 heavy (non-hydrogen) atoms. The van der Waals surface area contributed by atoms with Gasteiger partial charge in [-0.15, -0.1) is 17.0 Å². The van der Waals surface area contributed by atoms with E-state index in [1.54, 1.807) is 0 Å². The summed E-state index contributed by atoms with van der Waals surface area (Å²) in [7, 11) is 0. The molecule has 2 nitrogen and oxygen atoms in total. The maximum absolute atomic E-state index is 11.3. The Kier molecular flexibility index (Phi) is 6.81. The molecule has 3 aromatic rings. The van der Waals surface area contributed by atoms with Gasteiger partial charge in [-0.2, -0.15) is 0 Å². The van der Waals surface area contributed by atoms with E-state index in [4.69, 9.17) is 0 Å². The van der Waals surface area contributed by atoms with E-state index in [1.807, 2.05) is 60.4 Å². The van der Waals surface area contributed by atoms with E-state index in [0.717, 1.165) is 0 Å². The van der Waals surface area contributed by atoms with Crippen LogP contribution in [0, 0.1) is 0 Å². The molecule has 0 heterocycles. The molecule has 0 fully saturated rings. The van der Waals surface area contributed by atoms with Crippen LogP contribution in [0.15, 0.2) is 91.0 Å². The first kappa shape index (κ1) is 19.2. The van der Waals surface area contributed by atoms with Crippen molar-refractivity contribution in [3.63, 3.8) is 0 Å². The van der Waals surface area contributed by atoms with E-state index in [0.29, 0.717) is 0 Å². The normalized spacial score (nSPS) is 10.6. The molecule has 0 aliphatic heterocycles. The first-order valence-electron chi connectivity index (χ1n) is 7.85. The Labute approximate surface area is 158 Å². The zero-order valence-corrected chi connectivity index (χ0v) is 16.3. The van der Waals surface area contributed by atoms with Crippen LogP contribution >= 0.6 is 23.9 Å². The Balaban J connectivity index is 0.00000225. The van der Waals surface area contributed by atoms with Crippen molar-refractivity contribution < 1.29 is 9.90 Å². The highest BCUT2D eigenvalue weighted by molar-refractivity contribution is 8.93. The summed E-state index contributed by atoms with van der Waals surface area (Å²) in [5, 5.41) is 12.8. The van der Waals surface area contributed by atoms with E-state index in [9.17, 15) is 9.90 Å². The van der Waals surface area contributed by atoms with Crippen LogP contribution in [-0.4, -0.2) is 16.9 Å². The quantitative estimate of drug-likeness (QED) is 0.644. The highest BCUT2D eigenvalue weighted by Gasteiger charge is 2.24. The molecule has 0 saturated heterocycles. The first-order valence-corrected chi connectivity index (χ1v) is 9.71. The number of carboxylic acid groups (broad SMARTS) is 1. The minimum Gasteiger partial charge on any atom is -0.481 e. The molecule has 0 aromatic heterocycles. The number of carbonyl (C=O) groups is 1. The van der Waals surface area contributed by atoms with Crippen molar-refractivity contribution in [3.05, 3.63) is 91.0 Å². The Morgan fingerprint density at radius 3 is 1.32 bits per heavy atom. The third-order valence-electron chi connectivity index (χ3n) is 4.03.